The maximum absolute atomic E-state index is 14.2. The molecule has 0 amide bonds. The molecule has 4 nitrogen and oxygen atoms in total. The standard InChI is InChI=1S/C18H17F3N2O2S/c19-13-4-1-3-11(7-13)17-14-9-22-8-12(14)10-23(17)26(24,25)18-15(20)5-2-6-16(18)21/h1-7,12,14,17,22H,8-10H2/t12-,14-,17+/m0/s1. The molecule has 2 saturated heterocycles. The molecule has 26 heavy (non-hydrogen) atoms. The summed E-state index contributed by atoms with van der Waals surface area (Å²) in [7, 11) is -4.42. The van der Waals surface area contributed by atoms with Gasteiger partial charge in [0.2, 0.25) is 10.0 Å². The lowest BCUT2D eigenvalue weighted by Crippen LogP contribution is -2.35. The first-order valence-corrected chi connectivity index (χ1v) is 9.75. The van der Waals surface area contributed by atoms with Gasteiger partial charge in [0, 0.05) is 13.1 Å². The van der Waals surface area contributed by atoms with Gasteiger partial charge in [-0.15, -0.1) is 0 Å². The number of sulfonamides is 1. The topological polar surface area (TPSA) is 49.4 Å². The lowest BCUT2D eigenvalue weighted by atomic mass is 9.90. The third-order valence-corrected chi connectivity index (χ3v) is 7.10. The highest BCUT2D eigenvalue weighted by atomic mass is 32.2. The van der Waals surface area contributed by atoms with Gasteiger partial charge in [-0.2, -0.15) is 4.31 Å². The summed E-state index contributed by atoms with van der Waals surface area (Å²) in [6, 6.07) is 8.01. The first kappa shape index (κ1) is 17.5. The van der Waals surface area contributed by atoms with Crippen molar-refractivity contribution in [2.45, 2.75) is 10.9 Å². The molecular formula is C18H17F3N2O2S. The summed E-state index contributed by atoms with van der Waals surface area (Å²) in [6.07, 6.45) is 0. The predicted octanol–water partition coefficient (Wildman–Crippen LogP) is 2.69. The second-order valence-corrected chi connectivity index (χ2v) is 8.53. The Labute approximate surface area is 149 Å². The molecular weight excluding hydrogens is 365 g/mol. The summed E-state index contributed by atoms with van der Waals surface area (Å²) >= 11 is 0. The maximum Gasteiger partial charge on any atom is 0.249 e. The van der Waals surface area contributed by atoms with Crippen LogP contribution < -0.4 is 5.32 Å². The maximum atomic E-state index is 14.2. The quantitative estimate of drug-likeness (QED) is 0.888. The normalized spacial score (nSPS) is 26.2. The van der Waals surface area contributed by atoms with Crippen LogP contribution >= 0.6 is 0 Å². The van der Waals surface area contributed by atoms with E-state index in [4.69, 9.17) is 0 Å². The van der Waals surface area contributed by atoms with Crippen LogP contribution in [-0.4, -0.2) is 32.4 Å². The van der Waals surface area contributed by atoms with Gasteiger partial charge in [0.25, 0.3) is 0 Å². The van der Waals surface area contributed by atoms with Crippen LogP contribution in [0.5, 0.6) is 0 Å². The summed E-state index contributed by atoms with van der Waals surface area (Å²) < 4.78 is 69.4. The lowest BCUT2D eigenvalue weighted by Gasteiger charge is -2.28. The second kappa shape index (κ2) is 6.37. The van der Waals surface area contributed by atoms with E-state index in [1.54, 1.807) is 6.07 Å². The van der Waals surface area contributed by atoms with Crippen LogP contribution in [0.3, 0.4) is 0 Å². The highest BCUT2D eigenvalue weighted by molar-refractivity contribution is 7.89. The van der Waals surface area contributed by atoms with E-state index in [2.05, 4.69) is 5.32 Å². The van der Waals surface area contributed by atoms with Gasteiger partial charge in [0.15, 0.2) is 4.90 Å². The number of hydrogen-bond donors (Lipinski definition) is 1. The first-order valence-electron chi connectivity index (χ1n) is 8.31. The zero-order valence-electron chi connectivity index (χ0n) is 13.7. The minimum Gasteiger partial charge on any atom is -0.316 e. The number of nitrogens with zero attached hydrogens (tertiary/aromatic N) is 1. The van der Waals surface area contributed by atoms with Crippen LogP contribution in [0, 0.1) is 29.3 Å². The molecule has 2 heterocycles. The van der Waals surface area contributed by atoms with E-state index in [0.717, 1.165) is 22.5 Å². The molecule has 0 aliphatic carbocycles. The van der Waals surface area contributed by atoms with E-state index in [9.17, 15) is 21.6 Å². The molecule has 0 unspecified atom stereocenters. The summed E-state index contributed by atoms with van der Waals surface area (Å²) in [5.74, 6) is -2.81. The van der Waals surface area contributed by atoms with Crippen molar-refractivity contribution in [2.75, 3.05) is 19.6 Å². The average molecular weight is 382 g/mol. The van der Waals surface area contributed by atoms with Gasteiger partial charge in [0.05, 0.1) is 6.04 Å². The third-order valence-electron chi connectivity index (χ3n) is 5.20. The highest BCUT2D eigenvalue weighted by Gasteiger charge is 2.50. The van der Waals surface area contributed by atoms with Gasteiger partial charge in [-0.05, 0) is 48.2 Å². The fraction of sp³-hybridized carbons (Fsp3) is 0.333. The Morgan fingerprint density at radius 2 is 1.69 bits per heavy atom. The van der Waals surface area contributed by atoms with Crippen LogP contribution in [0.25, 0.3) is 0 Å². The van der Waals surface area contributed by atoms with Crippen molar-refractivity contribution in [2.24, 2.45) is 11.8 Å². The largest absolute Gasteiger partial charge is 0.316 e. The van der Waals surface area contributed by atoms with Crippen LogP contribution in [0.1, 0.15) is 11.6 Å². The van der Waals surface area contributed by atoms with Crippen LogP contribution in [0.2, 0.25) is 0 Å². The predicted molar refractivity (Wildman–Crippen MR) is 89.2 cm³/mol. The Balaban J connectivity index is 1.83. The van der Waals surface area contributed by atoms with E-state index in [-0.39, 0.29) is 18.4 Å². The van der Waals surface area contributed by atoms with Gasteiger partial charge in [-0.1, -0.05) is 18.2 Å². The van der Waals surface area contributed by atoms with Crippen molar-refractivity contribution in [3.63, 3.8) is 0 Å². The monoisotopic (exact) mass is 382 g/mol. The average Bonchev–Trinajstić information content (AvgIpc) is 3.15. The number of nitrogens with one attached hydrogen (secondary N) is 1. The van der Waals surface area contributed by atoms with Gasteiger partial charge in [-0.25, -0.2) is 21.6 Å². The van der Waals surface area contributed by atoms with Crippen molar-refractivity contribution >= 4 is 10.0 Å². The molecule has 2 aliphatic heterocycles. The number of halogens is 3. The Morgan fingerprint density at radius 3 is 2.38 bits per heavy atom. The molecule has 0 bridgehead atoms. The molecule has 2 fully saturated rings. The van der Waals surface area contributed by atoms with Crippen LogP contribution in [-0.2, 0) is 10.0 Å². The van der Waals surface area contributed by atoms with Gasteiger partial charge < -0.3 is 5.32 Å². The van der Waals surface area contributed by atoms with Crippen molar-refractivity contribution in [1.82, 2.24) is 9.62 Å². The molecule has 8 heteroatoms. The molecule has 0 aromatic heterocycles. The summed E-state index contributed by atoms with van der Waals surface area (Å²) in [4.78, 5) is -0.950. The number of hydrogen-bond acceptors (Lipinski definition) is 3. The van der Waals surface area contributed by atoms with E-state index >= 15 is 0 Å². The molecule has 3 atom stereocenters. The summed E-state index contributed by atoms with van der Waals surface area (Å²) in [6.45, 7) is 1.31. The minimum atomic E-state index is -4.42. The Hall–Kier alpha value is -1.90. The van der Waals surface area contributed by atoms with E-state index in [1.165, 1.54) is 18.2 Å². The van der Waals surface area contributed by atoms with Crippen molar-refractivity contribution in [3.8, 4) is 0 Å². The fourth-order valence-electron chi connectivity index (χ4n) is 4.08. The van der Waals surface area contributed by atoms with Crippen molar-refractivity contribution < 1.29 is 21.6 Å². The van der Waals surface area contributed by atoms with Gasteiger partial charge >= 0.3 is 0 Å². The SMILES string of the molecule is O=S(=O)(c1c(F)cccc1F)N1C[C@@H]2CNC[C@@H]2[C@H]1c1cccc(F)c1. The summed E-state index contributed by atoms with van der Waals surface area (Å²) in [5, 5.41) is 3.21. The molecule has 1 N–H and O–H groups in total. The Bertz CT molecular complexity index is 931. The molecule has 0 radical (unpaired) electrons. The van der Waals surface area contributed by atoms with Gasteiger partial charge in [-0.3, -0.25) is 0 Å². The zero-order valence-corrected chi connectivity index (χ0v) is 14.5. The van der Waals surface area contributed by atoms with Crippen molar-refractivity contribution in [3.05, 3.63) is 65.5 Å². The zero-order chi connectivity index (χ0) is 18.5. The second-order valence-electron chi connectivity index (χ2n) is 6.71. The minimum absolute atomic E-state index is 0.00729. The number of benzene rings is 2. The molecule has 2 aromatic carbocycles. The Morgan fingerprint density at radius 1 is 1.00 bits per heavy atom. The third kappa shape index (κ3) is 2.72. The van der Waals surface area contributed by atoms with E-state index in [1.807, 2.05) is 0 Å². The van der Waals surface area contributed by atoms with Crippen LogP contribution in [0.15, 0.2) is 47.4 Å². The van der Waals surface area contributed by atoms with Crippen LogP contribution in [0.4, 0.5) is 13.2 Å². The fourth-order valence-corrected chi connectivity index (χ4v) is 5.91. The molecule has 138 valence electrons. The molecule has 2 aromatic rings. The summed E-state index contributed by atoms with van der Waals surface area (Å²) in [5.41, 5.74) is 0.488. The van der Waals surface area contributed by atoms with Gasteiger partial charge in [0.1, 0.15) is 17.5 Å². The highest BCUT2D eigenvalue weighted by Crippen LogP contribution is 2.45. The van der Waals surface area contributed by atoms with Crippen molar-refractivity contribution in [1.29, 1.82) is 0 Å². The lowest BCUT2D eigenvalue weighted by molar-refractivity contribution is 0.341. The Kier molecular flexibility index (Phi) is 4.29. The molecule has 4 rings (SSSR count). The first-order chi connectivity index (χ1) is 12.4. The van der Waals surface area contributed by atoms with E-state index in [0.29, 0.717) is 18.7 Å². The molecule has 0 spiro atoms. The van der Waals surface area contributed by atoms with E-state index < -0.39 is 38.4 Å². The molecule has 0 saturated carbocycles. The number of fused-ring (bicyclic) bond motifs is 1. The smallest absolute Gasteiger partial charge is 0.249 e. The molecule has 2 aliphatic rings. The number of rotatable bonds is 3.